The third-order valence-electron chi connectivity index (χ3n) is 3.79. The standard InChI is InChI=1S/C14H25N3O/c1-11(15-2)7-13-9-16-14(18-13)8-12-5-4-6-17(3)10-12/h9,11-12,15H,4-8,10H2,1-3H3. The summed E-state index contributed by atoms with van der Waals surface area (Å²) >= 11 is 0. The van der Waals surface area contributed by atoms with Gasteiger partial charge >= 0.3 is 0 Å². The number of hydrogen-bond acceptors (Lipinski definition) is 4. The Balaban J connectivity index is 1.86. The monoisotopic (exact) mass is 251 g/mol. The van der Waals surface area contributed by atoms with E-state index in [2.05, 4.69) is 29.2 Å². The molecule has 1 N–H and O–H groups in total. The molecule has 18 heavy (non-hydrogen) atoms. The number of piperidine rings is 1. The van der Waals surface area contributed by atoms with Crippen LogP contribution in [0.25, 0.3) is 0 Å². The highest BCUT2D eigenvalue weighted by Gasteiger charge is 2.19. The summed E-state index contributed by atoms with van der Waals surface area (Å²) < 4.78 is 5.82. The predicted molar refractivity (Wildman–Crippen MR) is 72.7 cm³/mol. The maximum atomic E-state index is 5.82. The Kier molecular flexibility index (Phi) is 4.78. The van der Waals surface area contributed by atoms with E-state index in [1.807, 2.05) is 13.2 Å². The van der Waals surface area contributed by atoms with Crippen molar-refractivity contribution in [3.05, 3.63) is 17.8 Å². The van der Waals surface area contributed by atoms with Crippen molar-refractivity contribution < 1.29 is 4.42 Å². The highest BCUT2D eigenvalue weighted by atomic mass is 16.4. The molecule has 4 nitrogen and oxygen atoms in total. The fourth-order valence-electron chi connectivity index (χ4n) is 2.63. The number of nitrogens with one attached hydrogen (secondary N) is 1. The summed E-state index contributed by atoms with van der Waals surface area (Å²) in [6, 6.07) is 0.437. The predicted octanol–water partition coefficient (Wildman–Crippen LogP) is 1.71. The van der Waals surface area contributed by atoms with Crippen LogP contribution in [0.4, 0.5) is 0 Å². The molecule has 102 valence electrons. The van der Waals surface area contributed by atoms with E-state index >= 15 is 0 Å². The molecule has 1 aliphatic rings. The zero-order valence-electron chi connectivity index (χ0n) is 11.8. The third-order valence-corrected chi connectivity index (χ3v) is 3.79. The molecule has 1 fully saturated rings. The zero-order chi connectivity index (χ0) is 13.0. The molecule has 0 saturated carbocycles. The largest absolute Gasteiger partial charge is 0.446 e. The van der Waals surface area contributed by atoms with Gasteiger partial charge in [0.05, 0.1) is 6.20 Å². The van der Waals surface area contributed by atoms with Gasteiger partial charge in [-0.05, 0) is 46.3 Å². The minimum absolute atomic E-state index is 0.437. The summed E-state index contributed by atoms with van der Waals surface area (Å²) in [5.74, 6) is 2.61. The van der Waals surface area contributed by atoms with E-state index in [1.165, 1.54) is 25.9 Å². The Hall–Kier alpha value is -0.870. The van der Waals surface area contributed by atoms with Crippen LogP contribution in [-0.2, 0) is 12.8 Å². The second-order valence-corrected chi connectivity index (χ2v) is 5.59. The first-order chi connectivity index (χ1) is 8.67. The molecule has 2 unspecified atom stereocenters. The molecule has 0 spiro atoms. The normalized spacial score (nSPS) is 23.2. The molecule has 1 saturated heterocycles. The smallest absolute Gasteiger partial charge is 0.194 e. The van der Waals surface area contributed by atoms with Gasteiger partial charge in [0.1, 0.15) is 5.76 Å². The Morgan fingerprint density at radius 1 is 1.61 bits per heavy atom. The number of rotatable bonds is 5. The average Bonchev–Trinajstić information content (AvgIpc) is 2.76. The van der Waals surface area contributed by atoms with Crippen LogP contribution in [0.2, 0.25) is 0 Å². The first-order valence-electron chi connectivity index (χ1n) is 6.96. The zero-order valence-corrected chi connectivity index (χ0v) is 11.8. The van der Waals surface area contributed by atoms with Crippen LogP contribution in [0.3, 0.4) is 0 Å². The SMILES string of the molecule is CNC(C)Cc1cnc(CC2CCCN(C)C2)o1. The maximum absolute atomic E-state index is 5.82. The summed E-state index contributed by atoms with van der Waals surface area (Å²) in [6.07, 6.45) is 6.38. The molecule has 1 aliphatic heterocycles. The van der Waals surface area contributed by atoms with Crippen LogP contribution in [0.1, 0.15) is 31.4 Å². The molecular formula is C14H25N3O. The van der Waals surface area contributed by atoms with E-state index < -0.39 is 0 Å². The van der Waals surface area contributed by atoms with Gasteiger partial charge in [0.15, 0.2) is 5.89 Å². The molecule has 1 aromatic rings. The Bertz CT molecular complexity index is 364. The van der Waals surface area contributed by atoms with Gasteiger partial charge in [-0.25, -0.2) is 4.98 Å². The summed E-state index contributed by atoms with van der Waals surface area (Å²) in [6.45, 7) is 4.55. The fourth-order valence-corrected chi connectivity index (χ4v) is 2.63. The van der Waals surface area contributed by atoms with Gasteiger partial charge in [0.25, 0.3) is 0 Å². The Morgan fingerprint density at radius 3 is 3.17 bits per heavy atom. The van der Waals surface area contributed by atoms with Crippen LogP contribution in [0.5, 0.6) is 0 Å². The fraction of sp³-hybridized carbons (Fsp3) is 0.786. The molecule has 0 aromatic carbocycles. The summed E-state index contributed by atoms with van der Waals surface area (Å²) in [5, 5.41) is 3.22. The molecule has 0 radical (unpaired) electrons. The van der Waals surface area contributed by atoms with E-state index in [0.29, 0.717) is 12.0 Å². The Morgan fingerprint density at radius 2 is 2.44 bits per heavy atom. The van der Waals surface area contributed by atoms with Crippen LogP contribution >= 0.6 is 0 Å². The lowest BCUT2D eigenvalue weighted by Gasteiger charge is -2.28. The van der Waals surface area contributed by atoms with Gasteiger partial charge in [0.2, 0.25) is 0 Å². The maximum Gasteiger partial charge on any atom is 0.194 e. The van der Waals surface area contributed by atoms with Gasteiger partial charge in [0, 0.05) is 25.4 Å². The van der Waals surface area contributed by atoms with Crippen molar-refractivity contribution in [3.63, 3.8) is 0 Å². The van der Waals surface area contributed by atoms with E-state index in [0.717, 1.165) is 24.5 Å². The molecule has 0 bridgehead atoms. The molecule has 2 heterocycles. The van der Waals surface area contributed by atoms with Crippen molar-refractivity contribution in [3.8, 4) is 0 Å². The number of aromatic nitrogens is 1. The van der Waals surface area contributed by atoms with Crippen LogP contribution in [-0.4, -0.2) is 43.1 Å². The van der Waals surface area contributed by atoms with Crippen LogP contribution in [0, 0.1) is 5.92 Å². The number of likely N-dealkylation sites (N-methyl/N-ethyl adjacent to an activating group) is 1. The van der Waals surface area contributed by atoms with Crippen molar-refractivity contribution in [1.29, 1.82) is 0 Å². The number of hydrogen-bond donors (Lipinski definition) is 1. The topological polar surface area (TPSA) is 41.3 Å². The van der Waals surface area contributed by atoms with Crippen molar-refractivity contribution in [2.45, 2.75) is 38.6 Å². The number of nitrogens with zero attached hydrogens (tertiary/aromatic N) is 2. The van der Waals surface area contributed by atoms with Crippen LogP contribution in [0.15, 0.2) is 10.6 Å². The number of likely N-dealkylation sites (tertiary alicyclic amines) is 1. The highest BCUT2D eigenvalue weighted by Crippen LogP contribution is 2.20. The summed E-state index contributed by atoms with van der Waals surface area (Å²) in [4.78, 5) is 6.81. The summed E-state index contributed by atoms with van der Waals surface area (Å²) in [5.41, 5.74) is 0. The van der Waals surface area contributed by atoms with Gasteiger partial charge in [-0.3, -0.25) is 0 Å². The molecule has 2 rings (SSSR count). The van der Waals surface area contributed by atoms with Crippen molar-refractivity contribution in [2.24, 2.45) is 5.92 Å². The van der Waals surface area contributed by atoms with Gasteiger partial charge in [-0.2, -0.15) is 0 Å². The molecule has 0 aliphatic carbocycles. The molecule has 0 amide bonds. The quantitative estimate of drug-likeness (QED) is 0.865. The van der Waals surface area contributed by atoms with Crippen LogP contribution < -0.4 is 5.32 Å². The minimum atomic E-state index is 0.437. The lowest BCUT2D eigenvalue weighted by atomic mass is 9.95. The Labute approximate surface area is 110 Å². The lowest BCUT2D eigenvalue weighted by Crippen LogP contribution is -2.33. The average molecular weight is 251 g/mol. The first-order valence-corrected chi connectivity index (χ1v) is 6.96. The van der Waals surface area contributed by atoms with E-state index in [-0.39, 0.29) is 0 Å². The van der Waals surface area contributed by atoms with Crippen molar-refractivity contribution in [1.82, 2.24) is 15.2 Å². The van der Waals surface area contributed by atoms with Crippen molar-refractivity contribution >= 4 is 0 Å². The van der Waals surface area contributed by atoms with Gasteiger partial charge < -0.3 is 14.6 Å². The minimum Gasteiger partial charge on any atom is -0.446 e. The second kappa shape index (κ2) is 6.34. The summed E-state index contributed by atoms with van der Waals surface area (Å²) in [7, 11) is 4.17. The van der Waals surface area contributed by atoms with Gasteiger partial charge in [-0.1, -0.05) is 0 Å². The molecule has 4 heteroatoms. The van der Waals surface area contributed by atoms with E-state index in [1.54, 1.807) is 0 Å². The molecular weight excluding hydrogens is 226 g/mol. The van der Waals surface area contributed by atoms with Gasteiger partial charge in [-0.15, -0.1) is 0 Å². The van der Waals surface area contributed by atoms with Crippen molar-refractivity contribution in [2.75, 3.05) is 27.2 Å². The number of oxazole rings is 1. The third kappa shape index (κ3) is 3.82. The van der Waals surface area contributed by atoms with E-state index in [9.17, 15) is 0 Å². The molecule has 2 atom stereocenters. The highest BCUT2D eigenvalue weighted by molar-refractivity contribution is 4.97. The molecule has 1 aromatic heterocycles. The lowest BCUT2D eigenvalue weighted by molar-refractivity contribution is 0.201. The second-order valence-electron chi connectivity index (χ2n) is 5.59. The van der Waals surface area contributed by atoms with E-state index in [4.69, 9.17) is 4.42 Å². The first kappa shape index (κ1) is 13.6.